The first kappa shape index (κ1) is 18.3. The molecule has 6 nitrogen and oxygen atoms in total. The van der Waals surface area contributed by atoms with Crippen LogP contribution in [0, 0.1) is 5.82 Å². The molecule has 0 bridgehead atoms. The van der Waals surface area contributed by atoms with Gasteiger partial charge in [0.2, 0.25) is 5.91 Å². The summed E-state index contributed by atoms with van der Waals surface area (Å²) in [5, 5.41) is 4.99. The monoisotopic (exact) mass is 346 g/mol. The molecule has 1 unspecified atom stereocenters. The molecule has 2 N–H and O–H groups in total. The van der Waals surface area contributed by atoms with Gasteiger partial charge in [-0.2, -0.15) is 0 Å². The molecule has 2 aromatic rings. The maximum absolute atomic E-state index is 13.6. The average Bonchev–Trinajstić information content (AvgIpc) is 2.62. The van der Waals surface area contributed by atoms with E-state index in [1.54, 1.807) is 12.1 Å². The summed E-state index contributed by atoms with van der Waals surface area (Å²) in [5.74, 6) is -0.658. The van der Waals surface area contributed by atoms with E-state index in [0.29, 0.717) is 11.5 Å². The molecule has 7 heteroatoms. The van der Waals surface area contributed by atoms with Crippen LogP contribution >= 0.6 is 0 Å². The Bertz CT molecular complexity index is 757. The van der Waals surface area contributed by atoms with Gasteiger partial charge in [-0.3, -0.25) is 9.59 Å². The van der Waals surface area contributed by atoms with E-state index < -0.39 is 23.7 Å². The van der Waals surface area contributed by atoms with E-state index in [0.717, 1.165) is 0 Å². The minimum atomic E-state index is -0.871. The Hall–Kier alpha value is -3.09. The van der Waals surface area contributed by atoms with Crippen molar-refractivity contribution in [2.75, 3.05) is 19.5 Å². The molecular weight excluding hydrogens is 327 g/mol. The highest BCUT2D eigenvalue weighted by atomic mass is 19.1. The van der Waals surface area contributed by atoms with E-state index >= 15 is 0 Å². The molecule has 1 atom stereocenters. The van der Waals surface area contributed by atoms with Crippen LogP contribution in [0.4, 0.5) is 10.1 Å². The predicted octanol–water partition coefficient (Wildman–Crippen LogP) is 2.60. The van der Waals surface area contributed by atoms with Gasteiger partial charge in [0.25, 0.3) is 5.91 Å². The van der Waals surface area contributed by atoms with Crippen molar-refractivity contribution in [3.63, 3.8) is 0 Å². The Balaban J connectivity index is 2.07. The number of carbonyl (C=O) groups is 2. The van der Waals surface area contributed by atoms with Gasteiger partial charge < -0.3 is 20.1 Å². The highest BCUT2D eigenvalue weighted by molar-refractivity contribution is 6.01. The largest absolute Gasteiger partial charge is 0.497 e. The summed E-state index contributed by atoms with van der Waals surface area (Å²) in [5.41, 5.74) is 0.332. The molecule has 132 valence electrons. The Morgan fingerprint density at radius 2 is 1.64 bits per heavy atom. The summed E-state index contributed by atoms with van der Waals surface area (Å²) in [6.07, 6.45) is 0. The molecule has 0 radical (unpaired) electrons. The molecule has 2 rings (SSSR count). The molecule has 0 aliphatic heterocycles. The Morgan fingerprint density at radius 3 is 2.20 bits per heavy atom. The van der Waals surface area contributed by atoms with Crippen LogP contribution in [0.15, 0.2) is 42.5 Å². The second-order valence-corrected chi connectivity index (χ2v) is 5.27. The van der Waals surface area contributed by atoms with Crippen LogP contribution in [0.5, 0.6) is 11.5 Å². The highest BCUT2D eigenvalue weighted by Gasteiger charge is 2.18. The fourth-order valence-corrected chi connectivity index (χ4v) is 2.09. The molecule has 0 fully saturated rings. The third-order valence-corrected chi connectivity index (χ3v) is 3.49. The minimum absolute atomic E-state index is 0.0525. The van der Waals surface area contributed by atoms with E-state index in [2.05, 4.69) is 10.6 Å². The Kier molecular flexibility index (Phi) is 5.94. The number of hydrogen-bond acceptors (Lipinski definition) is 4. The SMILES string of the molecule is COc1cc(OC)cc(C(=O)NC(C)C(=O)Nc2ccccc2F)c1. The minimum Gasteiger partial charge on any atom is -0.497 e. The van der Waals surface area contributed by atoms with Crippen molar-refractivity contribution in [3.8, 4) is 11.5 Å². The van der Waals surface area contributed by atoms with Crippen LogP contribution in [0.3, 0.4) is 0 Å². The lowest BCUT2D eigenvalue weighted by atomic mass is 10.1. The van der Waals surface area contributed by atoms with Gasteiger partial charge in [0, 0.05) is 11.6 Å². The number of rotatable bonds is 6. The molecule has 2 aromatic carbocycles. The Morgan fingerprint density at radius 1 is 1.04 bits per heavy atom. The molecule has 0 saturated heterocycles. The molecule has 0 spiro atoms. The number of amides is 2. The van der Waals surface area contributed by atoms with E-state index in [1.807, 2.05) is 0 Å². The number of anilines is 1. The van der Waals surface area contributed by atoms with Crippen molar-refractivity contribution in [3.05, 3.63) is 53.8 Å². The molecule has 0 aliphatic rings. The summed E-state index contributed by atoms with van der Waals surface area (Å²) in [6.45, 7) is 1.51. The van der Waals surface area contributed by atoms with E-state index in [9.17, 15) is 14.0 Å². The van der Waals surface area contributed by atoms with Crippen LogP contribution in [0.2, 0.25) is 0 Å². The van der Waals surface area contributed by atoms with Gasteiger partial charge in [-0.05, 0) is 31.2 Å². The van der Waals surface area contributed by atoms with E-state index in [-0.39, 0.29) is 11.3 Å². The van der Waals surface area contributed by atoms with Gasteiger partial charge in [-0.25, -0.2) is 4.39 Å². The third kappa shape index (κ3) is 4.69. The number of para-hydroxylation sites is 1. The third-order valence-electron chi connectivity index (χ3n) is 3.49. The zero-order valence-electron chi connectivity index (χ0n) is 14.1. The van der Waals surface area contributed by atoms with Crippen LogP contribution < -0.4 is 20.1 Å². The summed E-state index contributed by atoms with van der Waals surface area (Å²) in [4.78, 5) is 24.5. The fourth-order valence-electron chi connectivity index (χ4n) is 2.09. The number of carbonyl (C=O) groups excluding carboxylic acids is 2. The highest BCUT2D eigenvalue weighted by Crippen LogP contribution is 2.22. The lowest BCUT2D eigenvalue weighted by Crippen LogP contribution is -2.41. The lowest BCUT2D eigenvalue weighted by molar-refractivity contribution is -0.117. The molecule has 2 amide bonds. The van der Waals surface area contributed by atoms with Crippen molar-refractivity contribution in [2.24, 2.45) is 0 Å². The van der Waals surface area contributed by atoms with Crippen molar-refractivity contribution < 1.29 is 23.5 Å². The maximum atomic E-state index is 13.6. The summed E-state index contributed by atoms with van der Waals surface area (Å²) in [7, 11) is 2.95. The first-order valence-corrected chi connectivity index (χ1v) is 7.54. The van der Waals surface area contributed by atoms with Gasteiger partial charge >= 0.3 is 0 Å². The molecule has 25 heavy (non-hydrogen) atoms. The van der Waals surface area contributed by atoms with Crippen LogP contribution in [-0.2, 0) is 4.79 Å². The molecule has 0 aliphatic carbocycles. The first-order valence-electron chi connectivity index (χ1n) is 7.54. The van der Waals surface area contributed by atoms with Gasteiger partial charge in [0.05, 0.1) is 19.9 Å². The number of methoxy groups -OCH3 is 2. The van der Waals surface area contributed by atoms with Crippen molar-refractivity contribution in [1.29, 1.82) is 0 Å². The number of nitrogens with one attached hydrogen (secondary N) is 2. The molecule has 0 aromatic heterocycles. The first-order chi connectivity index (χ1) is 11.9. The second kappa shape index (κ2) is 8.14. The smallest absolute Gasteiger partial charge is 0.252 e. The number of hydrogen-bond donors (Lipinski definition) is 2. The zero-order valence-corrected chi connectivity index (χ0v) is 14.1. The number of ether oxygens (including phenoxy) is 2. The van der Waals surface area contributed by atoms with Crippen LogP contribution in [0.1, 0.15) is 17.3 Å². The predicted molar refractivity (Wildman–Crippen MR) is 91.5 cm³/mol. The van der Waals surface area contributed by atoms with Crippen molar-refractivity contribution in [2.45, 2.75) is 13.0 Å². The number of benzene rings is 2. The fraction of sp³-hybridized carbons (Fsp3) is 0.222. The van der Waals surface area contributed by atoms with Gasteiger partial charge in [-0.1, -0.05) is 12.1 Å². The Labute approximate surface area is 144 Å². The normalized spacial score (nSPS) is 11.4. The standard InChI is InChI=1S/C18H19FN2O4/c1-11(17(22)21-16-7-5-4-6-15(16)19)20-18(23)12-8-13(24-2)10-14(9-12)25-3/h4-11H,1-3H3,(H,20,23)(H,21,22). The maximum Gasteiger partial charge on any atom is 0.252 e. The van der Waals surface area contributed by atoms with E-state index in [4.69, 9.17) is 9.47 Å². The average molecular weight is 346 g/mol. The van der Waals surface area contributed by atoms with E-state index in [1.165, 1.54) is 51.5 Å². The summed E-state index contributed by atoms with van der Waals surface area (Å²) >= 11 is 0. The van der Waals surface area contributed by atoms with Crippen molar-refractivity contribution in [1.82, 2.24) is 5.32 Å². The molecule has 0 saturated carbocycles. The summed E-state index contributed by atoms with van der Waals surface area (Å²) < 4.78 is 23.8. The quantitative estimate of drug-likeness (QED) is 0.843. The topological polar surface area (TPSA) is 76.7 Å². The van der Waals surface area contributed by atoms with Crippen LogP contribution in [0.25, 0.3) is 0 Å². The van der Waals surface area contributed by atoms with Crippen molar-refractivity contribution >= 4 is 17.5 Å². The van der Waals surface area contributed by atoms with Gasteiger partial charge in [0.15, 0.2) is 0 Å². The zero-order chi connectivity index (χ0) is 18.4. The second-order valence-electron chi connectivity index (χ2n) is 5.27. The molecule has 0 heterocycles. The number of halogens is 1. The molecular formula is C18H19FN2O4. The van der Waals surface area contributed by atoms with Crippen LogP contribution in [-0.4, -0.2) is 32.1 Å². The van der Waals surface area contributed by atoms with Gasteiger partial charge in [0.1, 0.15) is 23.4 Å². The lowest BCUT2D eigenvalue weighted by Gasteiger charge is -2.15. The summed E-state index contributed by atoms with van der Waals surface area (Å²) in [6, 6.07) is 9.61. The van der Waals surface area contributed by atoms with Gasteiger partial charge in [-0.15, -0.1) is 0 Å².